The highest BCUT2D eigenvalue weighted by Gasteiger charge is 2.06. The lowest BCUT2D eigenvalue weighted by atomic mass is 10.0. The fourth-order valence-corrected chi connectivity index (χ4v) is 1.89. The van der Waals surface area contributed by atoms with Gasteiger partial charge in [-0.3, -0.25) is 9.89 Å². The van der Waals surface area contributed by atoms with Gasteiger partial charge in [-0.2, -0.15) is 0 Å². The molecule has 1 aromatic carbocycles. The molecule has 2 rings (SSSR count). The monoisotopic (exact) mass is 242 g/mol. The predicted octanol–water partition coefficient (Wildman–Crippen LogP) is 3.03. The number of rotatable bonds is 4. The first-order chi connectivity index (χ1) is 8.70. The number of aromatic nitrogens is 2. The molecule has 3 nitrogen and oxygen atoms in total. The van der Waals surface area contributed by atoms with Crippen molar-refractivity contribution in [3.05, 3.63) is 63.1 Å². The van der Waals surface area contributed by atoms with Gasteiger partial charge >= 0.3 is 0 Å². The summed E-state index contributed by atoms with van der Waals surface area (Å²) in [5, 5.41) is 5.45. The van der Waals surface area contributed by atoms with E-state index in [0.29, 0.717) is 6.42 Å². The van der Waals surface area contributed by atoms with Crippen molar-refractivity contribution in [2.75, 3.05) is 0 Å². The maximum atomic E-state index is 11.6. The molecule has 0 amide bonds. The van der Waals surface area contributed by atoms with E-state index >= 15 is 0 Å². The van der Waals surface area contributed by atoms with Crippen LogP contribution in [-0.4, -0.2) is 10.2 Å². The molecule has 0 aliphatic carbocycles. The van der Waals surface area contributed by atoms with E-state index in [1.807, 2.05) is 6.92 Å². The third kappa shape index (κ3) is 2.80. The zero-order valence-corrected chi connectivity index (χ0v) is 10.8. The van der Waals surface area contributed by atoms with Gasteiger partial charge in [0.2, 0.25) is 0 Å². The molecule has 2 aromatic rings. The van der Waals surface area contributed by atoms with Crippen molar-refractivity contribution in [2.24, 2.45) is 0 Å². The minimum absolute atomic E-state index is 0.0255. The normalized spacial score (nSPS) is 11.2. The summed E-state index contributed by atoms with van der Waals surface area (Å²) in [4.78, 5) is 11.6. The molecule has 0 aliphatic rings. The van der Waals surface area contributed by atoms with Crippen molar-refractivity contribution < 1.29 is 0 Å². The molecule has 0 saturated heterocycles. The minimum Gasteiger partial charge on any atom is -0.302 e. The lowest BCUT2D eigenvalue weighted by Crippen LogP contribution is -2.06. The average Bonchev–Trinajstić information content (AvgIpc) is 2.70. The summed E-state index contributed by atoms with van der Waals surface area (Å²) in [6.07, 6.45) is 5.95. The molecular weight excluding hydrogens is 224 g/mol. The Kier molecular flexibility index (Phi) is 3.82. The summed E-state index contributed by atoms with van der Waals surface area (Å²) < 4.78 is 0. The van der Waals surface area contributed by atoms with Crippen LogP contribution in [0.2, 0.25) is 0 Å². The third-order valence-corrected chi connectivity index (χ3v) is 3.00. The number of allylic oxidation sites excluding steroid dienone is 1. The number of aryl methyl sites for hydroxylation is 1. The van der Waals surface area contributed by atoms with Crippen LogP contribution in [0.15, 0.2) is 35.1 Å². The molecule has 0 spiro atoms. The second-order valence-electron chi connectivity index (χ2n) is 4.41. The van der Waals surface area contributed by atoms with Gasteiger partial charge in [-0.1, -0.05) is 43.3 Å². The van der Waals surface area contributed by atoms with Crippen LogP contribution in [-0.2, 0) is 6.42 Å². The summed E-state index contributed by atoms with van der Waals surface area (Å²) >= 11 is 0. The third-order valence-electron chi connectivity index (χ3n) is 3.00. The van der Waals surface area contributed by atoms with Crippen molar-refractivity contribution in [1.29, 1.82) is 0 Å². The van der Waals surface area contributed by atoms with Crippen LogP contribution in [0.1, 0.15) is 35.7 Å². The van der Waals surface area contributed by atoms with Crippen LogP contribution >= 0.6 is 0 Å². The molecule has 1 heterocycles. The standard InChI is InChI=1S/C15H18N2O/c1-3-4-5-12-6-8-13(9-7-12)10-14-11(2)16-17-15(14)18/h4-9H,3,10H2,1-2H3,(H2,16,17,18). The van der Waals surface area contributed by atoms with Gasteiger partial charge in [-0.15, -0.1) is 0 Å². The second-order valence-corrected chi connectivity index (χ2v) is 4.41. The van der Waals surface area contributed by atoms with Crippen molar-refractivity contribution in [2.45, 2.75) is 26.7 Å². The molecule has 0 bridgehead atoms. The van der Waals surface area contributed by atoms with Crippen molar-refractivity contribution in [3.8, 4) is 0 Å². The van der Waals surface area contributed by atoms with Crippen molar-refractivity contribution in [1.82, 2.24) is 10.2 Å². The van der Waals surface area contributed by atoms with Gasteiger partial charge in [0.15, 0.2) is 0 Å². The first-order valence-corrected chi connectivity index (χ1v) is 6.22. The van der Waals surface area contributed by atoms with Gasteiger partial charge in [0.25, 0.3) is 5.56 Å². The topological polar surface area (TPSA) is 48.6 Å². The van der Waals surface area contributed by atoms with E-state index in [9.17, 15) is 4.79 Å². The number of hydrogen-bond acceptors (Lipinski definition) is 1. The van der Waals surface area contributed by atoms with Gasteiger partial charge in [0.05, 0.1) is 0 Å². The SMILES string of the molecule is CCC=Cc1ccc(Cc2c(C)[nH][nH]c2=O)cc1. The Balaban J connectivity index is 2.16. The lowest BCUT2D eigenvalue weighted by molar-refractivity contribution is 1.02. The average molecular weight is 242 g/mol. The molecule has 0 unspecified atom stereocenters. The molecule has 0 aliphatic heterocycles. The van der Waals surface area contributed by atoms with Gasteiger partial charge in [-0.05, 0) is 24.5 Å². The van der Waals surface area contributed by atoms with Crippen molar-refractivity contribution in [3.63, 3.8) is 0 Å². The Morgan fingerprint density at radius 1 is 1.17 bits per heavy atom. The van der Waals surface area contributed by atoms with Gasteiger partial charge in [-0.25, -0.2) is 0 Å². The first kappa shape index (κ1) is 12.4. The number of nitrogens with one attached hydrogen (secondary N) is 2. The van der Waals surface area contributed by atoms with Gasteiger partial charge < -0.3 is 5.10 Å². The molecule has 2 N–H and O–H groups in total. The molecule has 0 saturated carbocycles. The van der Waals surface area contributed by atoms with E-state index in [-0.39, 0.29) is 5.56 Å². The summed E-state index contributed by atoms with van der Waals surface area (Å²) in [6.45, 7) is 4.03. The smallest absolute Gasteiger partial charge is 0.267 e. The number of H-pyrrole nitrogens is 2. The first-order valence-electron chi connectivity index (χ1n) is 6.22. The molecule has 0 atom stereocenters. The Bertz CT molecular complexity index is 588. The van der Waals surface area contributed by atoms with E-state index in [4.69, 9.17) is 0 Å². The summed E-state index contributed by atoms with van der Waals surface area (Å²) in [5.41, 5.74) is 4.04. The molecular formula is C15H18N2O. The Labute approximate surface area is 107 Å². The highest BCUT2D eigenvalue weighted by Crippen LogP contribution is 2.11. The number of hydrogen-bond donors (Lipinski definition) is 2. The van der Waals surface area contributed by atoms with Crippen LogP contribution in [0, 0.1) is 6.92 Å². The zero-order valence-electron chi connectivity index (χ0n) is 10.8. The number of benzene rings is 1. The highest BCUT2D eigenvalue weighted by molar-refractivity contribution is 5.49. The molecule has 94 valence electrons. The largest absolute Gasteiger partial charge is 0.302 e. The summed E-state index contributed by atoms with van der Waals surface area (Å²) in [6, 6.07) is 8.30. The fourth-order valence-electron chi connectivity index (χ4n) is 1.89. The van der Waals surface area contributed by atoms with Crippen LogP contribution < -0.4 is 5.56 Å². The molecule has 1 aromatic heterocycles. The second kappa shape index (κ2) is 5.54. The fraction of sp³-hybridized carbons (Fsp3) is 0.267. The van der Waals surface area contributed by atoms with E-state index in [1.165, 1.54) is 5.56 Å². The molecule has 0 fully saturated rings. The molecule has 18 heavy (non-hydrogen) atoms. The van der Waals surface area contributed by atoms with E-state index in [2.05, 4.69) is 53.5 Å². The van der Waals surface area contributed by atoms with E-state index in [0.717, 1.165) is 23.2 Å². The Hall–Kier alpha value is -2.03. The van der Waals surface area contributed by atoms with Crippen molar-refractivity contribution >= 4 is 6.08 Å². The zero-order chi connectivity index (χ0) is 13.0. The maximum Gasteiger partial charge on any atom is 0.267 e. The van der Waals surface area contributed by atoms with E-state index in [1.54, 1.807) is 0 Å². The quantitative estimate of drug-likeness (QED) is 0.850. The Morgan fingerprint density at radius 2 is 1.89 bits per heavy atom. The van der Waals surface area contributed by atoms with Crippen LogP contribution in [0.3, 0.4) is 0 Å². The minimum atomic E-state index is -0.0255. The molecule has 3 heteroatoms. The highest BCUT2D eigenvalue weighted by atomic mass is 16.1. The summed E-state index contributed by atoms with van der Waals surface area (Å²) in [7, 11) is 0. The maximum absolute atomic E-state index is 11.6. The predicted molar refractivity (Wildman–Crippen MR) is 74.7 cm³/mol. The van der Waals surface area contributed by atoms with E-state index < -0.39 is 0 Å². The summed E-state index contributed by atoms with van der Waals surface area (Å²) in [5.74, 6) is 0. The lowest BCUT2D eigenvalue weighted by Gasteiger charge is -2.00. The van der Waals surface area contributed by atoms with Crippen LogP contribution in [0.4, 0.5) is 0 Å². The Morgan fingerprint density at radius 3 is 2.44 bits per heavy atom. The van der Waals surface area contributed by atoms with Gasteiger partial charge in [0.1, 0.15) is 0 Å². The van der Waals surface area contributed by atoms with Crippen LogP contribution in [0.5, 0.6) is 0 Å². The number of aromatic amines is 2. The van der Waals surface area contributed by atoms with Gasteiger partial charge in [0, 0.05) is 17.7 Å². The molecule has 0 radical (unpaired) electrons. The van der Waals surface area contributed by atoms with Crippen LogP contribution in [0.25, 0.3) is 6.08 Å².